The predicted octanol–water partition coefficient (Wildman–Crippen LogP) is 4.52. The molecule has 2 unspecified atom stereocenters. The first-order valence-electron chi connectivity index (χ1n) is 7.49. The normalized spacial score (nSPS) is 49.3. The summed E-state index contributed by atoms with van der Waals surface area (Å²) in [6.07, 6.45) is 11.3. The van der Waals surface area contributed by atoms with Gasteiger partial charge in [-0.1, -0.05) is 19.9 Å². The summed E-state index contributed by atoms with van der Waals surface area (Å²) < 4.78 is 0. The molecule has 0 aromatic rings. The topological polar surface area (TPSA) is 17.1 Å². The van der Waals surface area contributed by atoms with E-state index in [9.17, 15) is 4.79 Å². The minimum Gasteiger partial charge on any atom is -0.299 e. The van der Waals surface area contributed by atoms with Crippen molar-refractivity contribution in [3.05, 3.63) is 12.7 Å². The minimum atomic E-state index is 0.350. The Bertz CT molecular complexity index is 376. The maximum absolute atomic E-state index is 12.1. The molecule has 4 aliphatic carbocycles. The van der Waals surface area contributed by atoms with Crippen LogP contribution in [0.5, 0.6) is 0 Å². The minimum absolute atomic E-state index is 0.350. The van der Waals surface area contributed by atoms with Gasteiger partial charge in [-0.15, -0.1) is 6.58 Å². The summed E-state index contributed by atoms with van der Waals surface area (Å²) in [5.74, 6) is 1.31. The van der Waals surface area contributed by atoms with E-state index < -0.39 is 0 Å². The van der Waals surface area contributed by atoms with Crippen molar-refractivity contribution >= 4 is 5.78 Å². The molecule has 0 aromatic carbocycles. The zero-order valence-corrected chi connectivity index (χ0v) is 11.9. The van der Waals surface area contributed by atoms with E-state index in [1.165, 1.54) is 38.5 Å². The zero-order chi connectivity index (χ0) is 13.0. The second kappa shape index (κ2) is 3.71. The Hall–Kier alpha value is -0.590. The lowest BCUT2D eigenvalue weighted by atomic mass is 9.39. The fourth-order valence-electron chi connectivity index (χ4n) is 6.53. The SMILES string of the molecule is C=CCC(=O)CC12CC3CC(C)(CC(C)(C3)C1)C2. The number of Topliss-reactive ketones (excluding diaryl/α,β-unsaturated/α-hetero) is 1. The number of ketones is 1. The first-order chi connectivity index (χ1) is 8.36. The van der Waals surface area contributed by atoms with Crippen molar-refractivity contribution in [1.82, 2.24) is 0 Å². The summed E-state index contributed by atoms with van der Waals surface area (Å²) in [5.41, 5.74) is 1.41. The van der Waals surface area contributed by atoms with E-state index >= 15 is 0 Å². The highest BCUT2D eigenvalue weighted by molar-refractivity contribution is 5.80. The monoisotopic (exact) mass is 246 g/mol. The molecule has 18 heavy (non-hydrogen) atoms. The van der Waals surface area contributed by atoms with Crippen molar-refractivity contribution < 1.29 is 4.79 Å². The molecule has 4 saturated carbocycles. The second-order valence-electron chi connectivity index (χ2n) is 8.34. The van der Waals surface area contributed by atoms with Gasteiger partial charge in [0.05, 0.1) is 0 Å². The summed E-state index contributed by atoms with van der Waals surface area (Å²) in [6, 6.07) is 0. The first kappa shape index (κ1) is 12.4. The molecule has 4 fully saturated rings. The van der Waals surface area contributed by atoms with Gasteiger partial charge in [-0.05, 0) is 60.7 Å². The third kappa shape index (κ3) is 1.96. The van der Waals surface area contributed by atoms with Crippen LogP contribution in [-0.4, -0.2) is 5.78 Å². The van der Waals surface area contributed by atoms with E-state index in [1.54, 1.807) is 6.08 Å². The van der Waals surface area contributed by atoms with Crippen LogP contribution < -0.4 is 0 Å². The summed E-state index contributed by atoms with van der Waals surface area (Å²) in [4.78, 5) is 12.1. The Labute approximate surface area is 111 Å². The average molecular weight is 246 g/mol. The van der Waals surface area contributed by atoms with Gasteiger partial charge in [0.25, 0.3) is 0 Å². The van der Waals surface area contributed by atoms with Gasteiger partial charge in [-0.25, -0.2) is 0 Å². The van der Waals surface area contributed by atoms with Gasteiger partial charge in [0.1, 0.15) is 5.78 Å². The lowest BCUT2D eigenvalue weighted by Crippen LogP contribution is -2.55. The number of allylic oxidation sites excluding steroid dienone is 1. The number of rotatable bonds is 4. The number of carbonyl (C=O) groups excluding carboxylic acids is 1. The highest BCUT2D eigenvalue weighted by Crippen LogP contribution is 2.70. The molecule has 0 spiro atoms. The third-order valence-electron chi connectivity index (χ3n) is 5.69. The molecule has 2 atom stereocenters. The van der Waals surface area contributed by atoms with E-state index in [4.69, 9.17) is 0 Å². The fourth-order valence-corrected chi connectivity index (χ4v) is 6.53. The van der Waals surface area contributed by atoms with Crippen molar-refractivity contribution in [3.8, 4) is 0 Å². The van der Waals surface area contributed by atoms with E-state index in [0.29, 0.717) is 28.4 Å². The highest BCUT2D eigenvalue weighted by Gasteiger charge is 2.60. The Morgan fingerprint density at radius 3 is 2.28 bits per heavy atom. The van der Waals surface area contributed by atoms with Gasteiger partial charge in [-0.3, -0.25) is 4.79 Å². The van der Waals surface area contributed by atoms with Crippen LogP contribution in [0.1, 0.15) is 65.2 Å². The van der Waals surface area contributed by atoms with Gasteiger partial charge in [0, 0.05) is 12.8 Å². The second-order valence-corrected chi connectivity index (χ2v) is 8.34. The lowest BCUT2D eigenvalue weighted by Gasteiger charge is -2.65. The van der Waals surface area contributed by atoms with E-state index in [2.05, 4.69) is 20.4 Å². The molecule has 100 valence electrons. The highest BCUT2D eigenvalue weighted by atomic mass is 16.1. The van der Waals surface area contributed by atoms with Crippen LogP contribution in [0.4, 0.5) is 0 Å². The molecule has 0 saturated heterocycles. The van der Waals surface area contributed by atoms with E-state index in [1.807, 2.05) is 0 Å². The van der Waals surface area contributed by atoms with Gasteiger partial charge < -0.3 is 0 Å². The molecule has 0 aromatic heterocycles. The molecular formula is C17H26O. The van der Waals surface area contributed by atoms with Crippen molar-refractivity contribution in [1.29, 1.82) is 0 Å². The molecule has 4 aliphatic rings. The number of hydrogen-bond acceptors (Lipinski definition) is 1. The molecular weight excluding hydrogens is 220 g/mol. The first-order valence-corrected chi connectivity index (χ1v) is 7.49. The maximum Gasteiger partial charge on any atom is 0.137 e. The maximum atomic E-state index is 12.1. The summed E-state index contributed by atoms with van der Waals surface area (Å²) in [7, 11) is 0. The summed E-state index contributed by atoms with van der Waals surface area (Å²) in [5, 5.41) is 0. The Morgan fingerprint density at radius 2 is 1.78 bits per heavy atom. The van der Waals surface area contributed by atoms with E-state index in [0.717, 1.165) is 12.3 Å². The third-order valence-corrected chi connectivity index (χ3v) is 5.69. The fraction of sp³-hybridized carbons (Fsp3) is 0.824. The predicted molar refractivity (Wildman–Crippen MR) is 74.3 cm³/mol. The molecule has 0 N–H and O–H groups in total. The Morgan fingerprint density at radius 1 is 1.17 bits per heavy atom. The van der Waals surface area contributed by atoms with Crippen LogP contribution in [0.3, 0.4) is 0 Å². The molecule has 0 aliphatic heterocycles. The van der Waals surface area contributed by atoms with E-state index in [-0.39, 0.29) is 0 Å². The van der Waals surface area contributed by atoms with Crippen molar-refractivity contribution in [2.24, 2.45) is 22.2 Å². The van der Waals surface area contributed by atoms with Crippen LogP contribution in [0, 0.1) is 22.2 Å². The van der Waals surface area contributed by atoms with Crippen LogP contribution in [0.25, 0.3) is 0 Å². The lowest BCUT2D eigenvalue weighted by molar-refractivity contribution is -0.154. The van der Waals surface area contributed by atoms with Crippen LogP contribution in [0.2, 0.25) is 0 Å². The van der Waals surface area contributed by atoms with Gasteiger partial charge in [0.2, 0.25) is 0 Å². The zero-order valence-electron chi connectivity index (χ0n) is 11.9. The number of hydrogen-bond donors (Lipinski definition) is 0. The quantitative estimate of drug-likeness (QED) is 0.667. The largest absolute Gasteiger partial charge is 0.299 e. The molecule has 1 heteroatoms. The van der Waals surface area contributed by atoms with Crippen molar-refractivity contribution in [2.75, 3.05) is 0 Å². The van der Waals surface area contributed by atoms with Crippen LogP contribution >= 0.6 is 0 Å². The molecule has 4 rings (SSSR count). The average Bonchev–Trinajstić information content (AvgIpc) is 2.09. The standard InChI is InChI=1S/C17H26O/c1-4-5-14(18)9-17-8-13-6-15(2,11-17)10-16(3,7-13)12-17/h4,13H,1,5-12H2,2-3H3. The molecule has 1 nitrogen and oxygen atoms in total. The van der Waals surface area contributed by atoms with Gasteiger partial charge in [0.15, 0.2) is 0 Å². The van der Waals surface area contributed by atoms with Crippen LogP contribution in [0.15, 0.2) is 12.7 Å². The summed E-state index contributed by atoms with van der Waals surface area (Å²) >= 11 is 0. The Kier molecular flexibility index (Phi) is 2.56. The summed E-state index contributed by atoms with van der Waals surface area (Å²) in [6.45, 7) is 8.65. The molecule has 0 amide bonds. The molecule has 0 heterocycles. The smallest absolute Gasteiger partial charge is 0.137 e. The number of carbonyl (C=O) groups is 1. The Balaban J connectivity index is 1.84. The van der Waals surface area contributed by atoms with Crippen molar-refractivity contribution in [3.63, 3.8) is 0 Å². The molecule has 0 radical (unpaired) electrons. The molecule has 4 bridgehead atoms. The van der Waals surface area contributed by atoms with Gasteiger partial charge in [-0.2, -0.15) is 0 Å². The van der Waals surface area contributed by atoms with Crippen LogP contribution in [-0.2, 0) is 4.79 Å². The van der Waals surface area contributed by atoms with Crippen molar-refractivity contribution in [2.45, 2.75) is 65.2 Å². The van der Waals surface area contributed by atoms with Gasteiger partial charge >= 0.3 is 0 Å².